The highest BCUT2D eigenvalue weighted by Gasteiger charge is 2.29. The van der Waals surface area contributed by atoms with Gasteiger partial charge < -0.3 is 9.47 Å². The number of nitrogens with zero attached hydrogens (tertiary/aromatic N) is 2. The van der Waals surface area contributed by atoms with E-state index < -0.39 is 0 Å². The van der Waals surface area contributed by atoms with Crippen molar-refractivity contribution in [1.82, 2.24) is 9.47 Å². The van der Waals surface area contributed by atoms with Gasteiger partial charge in [0.05, 0.1) is 6.42 Å². The molecule has 1 saturated heterocycles. The molecule has 0 radical (unpaired) electrons. The Kier molecular flexibility index (Phi) is 4.04. The molecule has 3 aromatic rings. The zero-order chi connectivity index (χ0) is 17.4. The summed E-state index contributed by atoms with van der Waals surface area (Å²) in [6, 6.07) is 17.1. The molecular weight excluding hydrogens is 315 g/mol. The number of halogens is 1. The highest BCUT2D eigenvalue weighted by atomic mass is 19.1. The van der Waals surface area contributed by atoms with Crippen molar-refractivity contribution in [2.45, 2.75) is 18.8 Å². The summed E-state index contributed by atoms with van der Waals surface area (Å²) in [4.78, 5) is 14.4. The number of aryl methyl sites for hydroxylation is 1. The van der Waals surface area contributed by atoms with Crippen molar-refractivity contribution in [1.29, 1.82) is 0 Å². The summed E-state index contributed by atoms with van der Waals surface area (Å²) >= 11 is 0. The molecule has 1 aliphatic heterocycles. The van der Waals surface area contributed by atoms with E-state index in [1.807, 2.05) is 17.0 Å². The summed E-state index contributed by atoms with van der Waals surface area (Å²) in [5, 5.41) is 1.23. The van der Waals surface area contributed by atoms with E-state index in [2.05, 4.69) is 29.8 Å². The van der Waals surface area contributed by atoms with Crippen molar-refractivity contribution < 1.29 is 9.18 Å². The summed E-state index contributed by atoms with van der Waals surface area (Å²) in [6.07, 6.45) is 1.08. The number of fused-ring (bicyclic) bond motifs is 1. The SMILES string of the molecule is Cn1c(C2CCN(C(=O)Cc3ccccc3F)C2)cc2ccccc21. The molecule has 25 heavy (non-hydrogen) atoms. The standard InChI is InChI=1S/C21H21FN2O/c1-23-19-9-5-3-7-16(19)12-20(23)17-10-11-24(14-17)21(25)13-15-6-2-4-8-18(15)22/h2-9,12,17H,10-11,13-14H2,1H3. The van der Waals surface area contributed by atoms with Crippen LogP contribution in [0.3, 0.4) is 0 Å². The van der Waals surface area contributed by atoms with Crippen molar-refractivity contribution in [3.05, 3.63) is 71.7 Å². The van der Waals surface area contributed by atoms with E-state index in [0.29, 0.717) is 18.0 Å². The van der Waals surface area contributed by atoms with Crippen LogP contribution in [0.1, 0.15) is 23.6 Å². The fourth-order valence-electron chi connectivity index (χ4n) is 3.85. The Bertz CT molecular complexity index is 931. The van der Waals surface area contributed by atoms with Crippen LogP contribution in [0.2, 0.25) is 0 Å². The van der Waals surface area contributed by atoms with Crippen LogP contribution in [0.5, 0.6) is 0 Å². The molecular formula is C21H21FN2O. The third kappa shape index (κ3) is 2.93. The molecule has 4 heteroatoms. The maximum atomic E-state index is 13.8. The van der Waals surface area contributed by atoms with Gasteiger partial charge in [0.1, 0.15) is 5.82 Å². The Labute approximate surface area is 146 Å². The van der Waals surface area contributed by atoms with E-state index in [0.717, 1.165) is 13.0 Å². The molecule has 0 saturated carbocycles. The summed E-state index contributed by atoms with van der Waals surface area (Å²) in [7, 11) is 2.08. The molecule has 2 heterocycles. The molecule has 1 fully saturated rings. The number of hydrogen-bond donors (Lipinski definition) is 0. The van der Waals surface area contributed by atoms with Crippen molar-refractivity contribution in [2.75, 3.05) is 13.1 Å². The van der Waals surface area contributed by atoms with Crippen molar-refractivity contribution in [3.63, 3.8) is 0 Å². The minimum absolute atomic E-state index is 0.00589. The first-order valence-corrected chi connectivity index (χ1v) is 8.69. The van der Waals surface area contributed by atoms with Gasteiger partial charge >= 0.3 is 0 Å². The molecule has 1 amide bonds. The molecule has 0 N–H and O–H groups in total. The fourth-order valence-corrected chi connectivity index (χ4v) is 3.85. The van der Waals surface area contributed by atoms with Gasteiger partial charge in [0.2, 0.25) is 5.91 Å². The third-order valence-corrected chi connectivity index (χ3v) is 5.25. The van der Waals surface area contributed by atoms with E-state index in [1.165, 1.54) is 22.7 Å². The molecule has 128 valence electrons. The fraction of sp³-hybridized carbons (Fsp3) is 0.286. The molecule has 1 unspecified atom stereocenters. The largest absolute Gasteiger partial charge is 0.347 e. The molecule has 3 nitrogen and oxygen atoms in total. The number of benzene rings is 2. The predicted molar refractivity (Wildman–Crippen MR) is 97.0 cm³/mol. The van der Waals surface area contributed by atoms with Gasteiger partial charge in [0.25, 0.3) is 0 Å². The Hall–Kier alpha value is -2.62. The van der Waals surface area contributed by atoms with E-state index in [4.69, 9.17) is 0 Å². The number of likely N-dealkylation sites (tertiary alicyclic amines) is 1. The van der Waals surface area contributed by atoms with Crippen molar-refractivity contribution >= 4 is 16.8 Å². The summed E-state index contributed by atoms with van der Waals surface area (Å²) in [6.45, 7) is 1.44. The maximum Gasteiger partial charge on any atom is 0.227 e. The Morgan fingerprint density at radius 3 is 2.72 bits per heavy atom. The van der Waals surface area contributed by atoms with Crippen LogP contribution in [0.25, 0.3) is 10.9 Å². The van der Waals surface area contributed by atoms with E-state index in [-0.39, 0.29) is 18.1 Å². The lowest BCUT2D eigenvalue weighted by Crippen LogP contribution is -2.30. The average Bonchev–Trinajstić information content (AvgIpc) is 3.22. The summed E-state index contributed by atoms with van der Waals surface area (Å²) in [5.74, 6) is 0.0358. The van der Waals surface area contributed by atoms with Crippen LogP contribution in [-0.4, -0.2) is 28.5 Å². The second-order valence-corrected chi connectivity index (χ2v) is 6.78. The van der Waals surface area contributed by atoms with E-state index >= 15 is 0 Å². The number of hydrogen-bond acceptors (Lipinski definition) is 1. The third-order valence-electron chi connectivity index (χ3n) is 5.25. The van der Waals surface area contributed by atoms with Crippen molar-refractivity contribution in [2.24, 2.45) is 7.05 Å². The van der Waals surface area contributed by atoms with Crippen LogP contribution in [-0.2, 0) is 18.3 Å². The minimum atomic E-state index is -0.305. The van der Waals surface area contributed by atoms with Crippen LogP contribution in [0.4, 0.5) is 4.39 Å². The number of carbonyl (C=O) groups is 1. The second-order valence-electron chi connectivity index (χ2n) is 6.78. The Balaban J connectivity index is 1.50. The number of amides is 1. The van der Waals surface area contributed by atoms with Gasteiger partial charge in [-0.25, -0.2) is 4.39 Å². The highest BCUT2D eigenvalue weighted by Crippen LogP contribution is 2.31. The van der Waals surface area contributed by atoms with Gasteiger partial charge in [-0.15, -0.1) is 0 Å². The molecule has 1 atom stereocenters. The zero-order valence-corrected chi connectivity index (χ0v) is 14.3. The lowest BCUT2D eigenvalue weighted by atomic mass is 10.0. The number of aromatic nitrogens is 1. The van der Waals surface area contributed by atoms with Crippen molar-refractivity contribution in [3.8, 4) is 0 Å². The van der Waals surface area contributed by atoms with Gasteiger partial charge in [-0.05, 0) is 35.6 Å². The number of para-hydroxylation sites is 1. The maximum absolute atomic E-state index is 13.8. The second kappa shape index (κ2) is 6.36. The van der Waals surface area contributed by atoms with Crippen LogP contribution >= 0.6 is 0 Å². The lowest BCUT2D eigenvalue weighted by Gasteiger charge is -2.17. The van der Waals surface area contributed by atoms with Gasteiger partial charge in [-0.3, -0.25) is 4.79 Å². The zero-order valence-electron chi connectivity index (χ0n) is 14.3. The first-order chi connectivity index (χ1) is 12.1. The molecule has 2 aromatic carbocycles. The quantitative estimate of drug-likeness (QED) is 0.713. The minimum Gasteiger partial charge on any atom is -0.347 e. The Morgan fingerprint density at radius 2 is 1.92 bits per heavy atom. The predicted octanol–water partition coefficient (Wildman–Crippen LogP) is 3.88. The van der Waals surface area contributed by atoms with Gasteiger partial charge in [-0.1, -0.05) is 36.4 Å². The summed E-state index contributed by atoms with van der Waals surface area (Å²) in [5.41, 5.74) is 2.96. The van der Waals surface area contributed by atoms with E-state index in [9.17, 15) is 9.18 Å². The normalized spacial score (nSPS) is 17.4. The molecule has 0 bridgehead atoms. The van der Waals surface area contributed by atoms with Crippen LogP contribution < -0.4 is 0 Å². The van der Waals surface area contributed by atoms with Gasteiger partial charge in [-0.2, -0.15) is 0 Å². The first kappa shape index (κ1) is 15.9. The van der Waals surface area contributed by atoms with E-state index in [1.54, 1.807) is 18.2 Å². The van der Waals surface area contributed by atoms with Gasteiger partial charge in [0.15, 0.2) is 0 Å². The summed E-state index contributed by atoms with van der Waals surface area (Å²) < 4.78 is 16.0. The monoisotopic (exact) mass is 336 g/mol. The molecule has 0 spiro atoms. The average molecular weight is 336 g/mol. The number of carbonyl (C=O) groups excluding carboxylic acids is 1. The topological polar surface area (TPSA) is 25.2 Å². The van der Waals surface area contributed by atoms with Crippen LogP contribution in [0, 0.1) is 5.82 Å². The number of rotatable bonds is 3. The van der Waals surface area contributed by atoms with Crippen LogP contribution in [0.15, 0.2) is 54.6 Å². The smallest absolute Gasteiger partial charge is 0.227 e. The molecule has 1 aromatic heterocycles. The highest BCUT2D eigenvalue weighted by molar-refractivity contribution is 5.82. The molecule has 0 aliphatic carbocycles. The van der Waals surface area contributed by atoms with Gasteiger partial charge in [0, 0.05) is 37.3 Å². The first-order valence-electron chi connectivity index (χ1n) is 8.69. The lowest BCUT2D eigenvalue weighted by molar-refractivity contribution is -0.129. The Morgan fingerprint density at radius 1 is 1.16 bits per heavy atom. The molecule has 1 aliphatic rings. The molecule has 4 rings (SSSR count).